The molecule has 0 aliphatic carbocycles. The molecule has 1 aliphatic heterocycles. The molecule has 1 N–H and O–H groups in total. The Morgan fingerprint density at radius 2 is 1.85 bits per heavy atom. The predicted molar refractivity (Wildman–Crippen MR) is 117 cm³/mol. The molecule has 0 radical (unpaired) electrons. The molecule has 0 unspecified atom stereocenters. The molecular formula is C21H15F4N3O3S2. The summed E-state index contributed by atoms with van der Waals surface area (Å²) in [6, 6.07) is 10.1. The van der Waals surface area contributed by atoms with Crippen LogP contribution >= 0.6 is 23.5 Å². The molecule has 4 rings (SSSR count). The maximum atomic E-state index is 13.1. The van der Waals surface area contributed by atoms with Gasteiger partial charge in [0.25, 0.3) is 5.56 Å². The molecule has 3 aromatic rings. The minimum absolute atomic E-state index is 0.0922. The lowest BCUT2D eigenvalue weighted by atomic mass is 10.3. The summed E-state index contributed by atoms with van der Waals surface area (Å²) in [7, 11) is 0. The van der Waals surface area contributed by atoms with Crippen LogP contribution in [0.4, 0.5) is 23.2 Å². The molecular weight excluding hydrogens is 482 g/mol. The number of nitrogens with zero attached hydrogens (tertiary/aromatic N) is 2. The lowest BCUT2D eigenvalue weighted by Crippen LogP contribution is -2.24. The summed E-state index contributed by atoms with van der Waals surface area (Å²) < 4.78 is 55.5. The van der Waals surface area contributed by atoms with Crippen molar-refractivity contribution in [3.05, 3.63) is 70.4 Å². The number of fused-ring (bicyclic) bond motifs is 1. The molecule has 1 amide bonds. The number of carbonyl (C=O) groups excluding carboxylic acids is 1. The summed E-state index contributed by atoms with van der Waals surface area (Å²) in [6.45, 7) is 0. The molecule has 2 aromatic carbocycles. The molecule has 2 heterocycles. The van der Waals surface area contributed by atoms with Crippen molar-refractivity contribution in [1.82, 2.24) is 9.55 Å². The average molecular weight is 497 g/mol. The number of hydrogen-bond acceptors (Lipinski definition) is 6. The lowest BCUT2D eigenvalue weighted by Gasteiger charge is -2.15. The van der Waals surface area contributed by atoms with Gasteiger partial charge in [-0.3, -0.25) is 14.2 Å². The first-order valence-electron chi connectivity index (χ1n) is 9.53. The highest BCUT2D eigenvalue weighted by molar-refractivity contribution is 8.00. The number of alkyl halides is 3. The number of aromatic nitrogens is 2. The van der Waals surface area contributed by atoms with Crippen LogP contribution in [0.3, 0.4) is 0 Å². The Labute approximate surface area is 193 Å². The number of halogens is 4. The van der Waals surface area contributed by atoms with E-state index in [-0.39, 0.29) is 16.5 Å². The van der Waals surface area contributed by atoms with Gasteiger partial charge in [-0.15, -0.1) is 24.9 Å². The lowest BCUT2D eigenvalue weighted by molar-refractivity contribution is -0.274. The quantitative estimate of drug-likeness (QED) is 0.304. The summed E-state index contributed by atoms with van der Waals surface area (Å²) >= 11 is 2.37. The van der Waals surface area contributed by atoms with Crippen molar-refractivity contribution in [1.29, 1.82) is 0 Å². The number of thioether (sulfide) groups is 2. The van der Waals surface area contributed by atoms with Gasteiger partial charge in [0.2, 0.25) is 5.91 Å². The third-order valence-electron chi connectivity index (χ3n) is 4.46. The average Bonchev–Trinajstić information content (AvgIpc) is 3.23. The number of benzene rings is 2. The standard InChI is InChI=1S/C21H15F4N3O3S2/c22-12-1-3-13(4-2-12)26-17(29)11-33-20-27-16-9-10-32-18(16)19(30)28(20)14-5-7-15(8-6-14)31-21(23,24)25/h1-8H,9-11H2,(H,26,29). The number of anilines is 1. The van der Waals surface area contributed by atoms with Gasteiger partial charge in [-0.25, -0.2) is 9.37 Å². The summed E-state index contributed by atoms with van der Waals surface area (Å²) in [5.41, 5.74) is 0.977. The molecule has 0 saturated heterocycles. The third-order valence-corrected chi connectivity index (χ3v) is 6.50. The Hall–Kier alpha value is -2.99. The smallest absolute Gasteiger partial charge is 0.406 e. The monoisotopic (exact) mass is 497 g/mol. The molecule has 1 aliphatic rings. The highest BCUT2D eigenvalue weighted by atomic mass is 32.2. The fraction of sp³-hybridized carbons (Fsp3) is 0.190. The van der Waals surface area contributed by atoms with Crippen LogP contribution in [0.25, 0.3) is 5.69 Å². The van der Waals surface area contributed by atoms with Crippen LogP contribution in [0.5, 0.6) is 5.75 Å². The van der Waals surface area contributed by atoms with E-state index < -0.39 is 23.8 Å². The Kier molecular flexibility index (Phi) is 6.66. The van der Waals surface area contributed by atoms with Gasteiger partial charge >= 0.3 is 6.36 Å². The van der Waals surface area contributed by atoms with E-state index in [1.54, 1.807) is 0 Å². The molecule has 0 spiro atoms. The molecule has 6 nitrogen and oxygen atoms in total. The van der Waals surface area contributed by atoms with Gasteiger partial charge in [0.1, 0.15) is 11.6 Å². The molecule has 0 fully saturated rings. The summed E-state index contributed by atoms with van der Waals surface area (Å²) in [4.78, 5) is 30.5. The van der Waals surface area contributed by atoms with Crippen molar-refractivity contribution in [3.8, 4) is 11.4 Å². The zero-order valence-electron chi connectivity index (χ0n) is 16.7. The van der Waals surface area contributed by atoms with Crippen LogP contribution in [-0.4, -0.2) is 33.3 Å². The van der Waals surface area contributed by atoms with E-state index in [9.17, 15) is 27.2 Å². The molecule has 0 bridgehead atoms. The number of ether oxygens (including phenoxy) is 1. The summed E-state index contributed by atoms with van der Waals surface area (Å²) in [5.74, 6) is -0.648. The zero-order chi connectivity index (χ0) is 23.6. The van der Waals surface area contributed by atoms with Crippen molar-refractivity contribution in [2.24, 2.45) is 0 Å². The third kappa shape index (κ3) is 5.69. The Balaban J connectivity index is 1.59. The van der Waals surface area contributed by atoms with Crippen LogP contribution in [-0.2, 0) is 11.2 Å². The number of aryl methyl sites for hydroxylation is 1. The van der Waals surface area contributed by atoms with Gasteiger partial charge in [-0.05, 0) is 48.5 Å². The van der Waals surface area contributed by atoms with Gasteiger partial charge in [0, 0.05) is 17.9 Å². The Bertz CT molecular complexity index is 1230. The normalized spacial score (nSPS) is 13.0. The van der Waals surface area contributed by atoms with E-state index in [1.165, 1.54) is 52.7 Å². The van der Waals surface area contributed by atoms with Crippen LogP contribution < -0.4 is 15.6 Å². The number of amides is 1. The van der Waals surface area contributed by atoms with E-state index >= 15 is 0 Å². The first kappa shape index (κ1) is 23.2. The van der Waals surface area contributed by atoms with Crippen LogP contribution in [0.1, 0.15) is 5.69 Å². The largest absolute Gasteiger partial charge is 0.573 e. The van der Waals surface area contributed by atoms with Crippen molar-refractivity contribution >= 4 is 35.1 Å². The maximum absolute atomic E-state index is 13.1. The van der Waals surface area contributed by atoms with Crippen molar-refractivity contribution < 1.29 is 27.1 Å². The van der Waals surface area contributed by atoms with E-state index in [2.05, 4.69) is 15.0 Å². The number of carbonyl (C=O) groups is 1. The van der Waals surface area contributed by atoms with Crippen LogP contribution in [0.15, 0.2) is 63.4 Å². The summed E-state index contributed by atoms with van der Waals surface area (Å²) in [6.07, 6.45) is -4.23. The molecule has 12 heteroatoms. The highest BCUT2D eigenvalue weighted by Crippen LogP contribution is 2.31. The van der Waals surface area contributed by atoms with Gasteiger partial charge in [-0.1, -0.05) is 11.8 Å². The second kappa shape index (κ2) is 9.48. The molecule has 0 saturated carbocycles. The van der Waals surface area contributed by atoms with Crippen LogP contribution in [0.2, 0.25) is 0 Å². The van der Waals surface area contributed by atoms with Gasteiger partial charge in [-0.2, -0.15) is 0 Å². The minimum atomic E-state index is -4.83. The fourth-order valence-corrected chi connectivity index (χ4v) is 4.93. The van der Waals surface area contributed by atoms with Crippen molar-refractivity contribution in [3.63, 3.8) is 0 Å². The van der Waals surface area contributed by atoms with Gasteiger partial charge < -0.3 is 10.1 Å². The number of nitrogens with one attached hydrogen (secondary N) is 1. The first-order chi connectivity index (χ1) is 15.7. The number of hydrogen-bond donors (Lipinski definition) is 1. The second-order valence-corrected chi connectivity index (χ2v) is 8.84. The number of rotatable bonds is 6. The van der Waals surface area contributed by atoms with E-state index in [4.69, 9.17) is 0 Å². The van der Waals surface area contributed by atoms with E-state index in [1.807, 2.05) is 0 Å². The van der Waals surface area contributed by atoms with Crippen molar-refractivity contribution in [2.75, 3.05) is 16.8 Å². The van der Waals surface area contributed by atoms with Gasteiger partial charge in [0.15, 0.2) is 5.16 Å². The van der Waals surface area contributed by atoms with E-state index in [0.29, 0.717) is 34.1 Å². The highest BCUT2D eigenvalue weighted by Gasteiger charge is 2.31. The maximum Gasteiger partial charge on any atom is 0.573 e. The second-order valence-electron chi connectivity index (χ2n) is 6.79. The van der Waals surface area contributed by atoms with Crippen LogP contribution in [0, 0.1) is 5.82 Å². The molecule has 33 heavy (non-hydrogen) atoms. The predicted octanol–water partition coefficient (Wildman–Crippen LogP) is 4.65. The molecule has 1 aromatic heterocycles. The van der Waals surface area contributed by atoms with E-state index in [0.717, 1.165) is 23.9 Å². The SMILES string of the molecule is O=C(CSc1nc2c(c(=O)n1-c1ccc(OC(F)(F)F)cc1)SCC2)Nc1ccc(F)cc1. The Morgan fingerprint density at radius 1 is 1.15 bits per heavy atom. The fourth-order valence-electron chi connectivity index (χ4n) is 3.07. The Morgan fingerprint density at radius 3 is 2.52 bits per heavy atom. The minimum Gasteiger partial charge on any atom is -0.406 e. The van der Waals surface area contributed by atoms with Crippen molar-refractivity contribution in [2.45, 2.75) is 22.8 Å². The molecule has 0 atom stereocenters. The zero-order valence-corrected chi connectivity index (χ0v) is 18.3. The van der Waals surface area contributed by atoms with Gasteiger partial charge in [0.05, 0.1) is 22.0 Å². The first-order valence-corrected chi connectivity index (χ1v) is 11.5. The topological polar surface area (TPSA) is 73.2 Å². The summed E-state index contributed by atoms with van der Waals surface area (Å²) in [5, 5.41) is 2.86. The molecule has 172 valence electrons.